The molecule has 4 nitrogen and oxygen atoms in total. The number of nitrogens with zero attached hydrogens (tertiary/aromatic N) is 2. The Morgan fingerprint density at radius 2 is 1.78 bits per heavy atom. The Morgan fingerprint density at radius 1 is 1.00 bits per heavy atom. The second-order valence-corrected chi connectivity index (χ2v) is 6.02. The predicted octanol–water partition coefficient (Wildman–Crippen LogP) is 0.987. The summed E-state index contributed by atoms with van der Waals surface area (Å²) in [6.07, 6.45) is 7.14. The normalized spacial score (nSPS) is 35.6. The highest BCUT2D eigenvalue weighted by Gasteiger charge is 2.35. The molecule has 0 aromatic carbocycles. The molecule has 2 unspecified atom stereocenters. The molecule has 0 radical (unpaired) electrons. The van der Waals surface area contributed by atoms with Gasteiger partial charge < -0.3 is 10.0 Å². The highest BCUT2D eigenvalue weighted by Crippen LogP contribution is 2.29. The Labute approximate surface area is 109 Å². The molecule has 102 valence electrons. The minimum Gasteiger partial charge on any atom is -0.391 e. The highest BCUT2D eigenvalue weighted by molar-refractivity contribution is 5.78. The third-order valence-corrected chi connectivity index (χ3v) is 4.96. The average molecular weight is 252 g/mol. The van der Waals surface area contributed by atoms with Crippen molar-refractivity contribution >= 4 is 5.91 Å². The SMILES string of the molecule is O=C1CCCN1C1CCN(C2CCCC2O)CC1. The molecule has 0 aromatic rings. The molecule has 2 heterocycles. The Morgan fingerprint density at radius 3 is 2.33 bits per heavy atom. The molecule has 2 aliphatic heterocycles. The van der Waals surface area contributed by atoms with Gasteiger partial charge in [-0.2, -0.15) is 0 Å². The standard InChI is InChI=1S/C14H24N2O2/c17-13-4-1-3-12(13)15-9-6-11(7-10-15)16-8-2-5-14(16)18/h11-13,17H,1-10H2. The zero-order valence-corrected chi connectivity index (χ0v) is 11.1. The van der Waals surface area contributed by atoms with E-state index in [2.05, 4.69) is 9.80 Å². The average Bonchev–Trinajstić information content (AvgIpc) is 2.98. The number of hydrogen-bond donors (Lipinski definition) is 1. The van der Waals surface area contributed by atoms with Gasteiger partial charge in [0.2, 0.25) is 5.91 Å². The zero-order chi connectivity index (χ0) is 12.5. The quantitative estimate of drug-likeness (QED) is 0.797. The van der Waals surface area contributed by atoms with Crippen molar-refractivity contribution in [1.82, 2.24) is 9.80 Å². The molecular weight excluding hydrogens is 228 g/mol. The van der Waals surface area contributed by atoms with E-state index in [-0.39, 0.29) is 6.10 Å². The molecule has 3 fully saturated rings. The summed E-state index contributed by atoms with van der Waals surface area (Å²) in [5.74, 6) is 0.356. The van der Waals surface area contributed by atoms with Crippen LogP contribution in [-0.2, 0) is 4.79 Å². The summed E-state index contributed by atoms with van der Waals surface area (Å²) in [5.41, 5.74) is 0. The molecule has 1 aliphatic carbocycles. The number of likely N-dealkylation sites (tertiary alicyclic amines) is 2. The summed E-state index contributed by atoms with van der Waals surface area (Å²) in [6.45, 7) is 3.07. The molecule has 0 aromatic heterocycles. The summed E-state index contributed by atoms with van der Waals surface area (Å²) in [6, 6.07) is 0.857. The fourth-order valence-electron chi connectivity index (χ4n) is 3.93. The molecule has 2 atom stereocenters. The van der Waals surface area contributed by atoms with Crippen LogP contribution in [0.3, 0.4) is 0 Å². The van der Waals surface area contributed by atoms with Crippen molar-refractivity contribution < 1.29 is 9.90 Å². The van der Waals surface area contributed by atoms with Crippen LogP contribution in [0.15, 0.2) is 0 Å². The van der Waals surface area contributed by atoms with Crippen molar-refractivity contribution in [3.8, 4) is 0 Å². The fourth-order valence-corrected chi connectivity index (χ4v) is 3.93. The predicted molar refractivity (Wildman–Crippen MR) is 69.2 cm³/mol. The van der Waals surface area contributed by atoms with Crippen molar-refractivity contribution in [1.29, 1.82) is 0 Å². The first-order valence-corrected chi connectivity index (χ1v) is 7.47. The van der Waals surface area contributed by atoms with Gasteiger partial charge in [0.15, 0.2) is 0 Å². The third-order valence-electron chi connectivity index (χ3n) is 4.96. The van der Waals surface area contributed by atoms with Crippen LogP contribution in [0.1, 0.15) is 44.9 Å². The monoisotopic (exact) mass is 252 g/mol. The first kappa shape index (κ1) is 12.4. The van der Waals surface area contributed by atoms with E-state index in [1.165, 1.54) is 0 Å². The smallest absolute Gasteiger partial charge is 0.222 e. The van der Waals surface area contributed by atoms with Crippen LogP contribution in [0.2, 0.25) is 0 Å². The molecule has 0 spiro atoms. The second kappa shape index (κ2) is 5.17. The number of carbonyl (C=O) groups excluding carboxylic acids is 1. The summed E-state index contributed by atoms with van der Waals surface area (Å²) in [7, 11) is 0. The lowest BCUT2D eigenvalue weighted by Gasteiger charge is -2.40. The molecule has 3 aliphatic rings. The molecule has 1 saturated carbocycles. The van der Waals surface area contributed by atoms with Gasteiger partial charge in [-0.15, -0.1) is 0 Å². The van der Waals surface area contributed by atoms with Gasteiger partial charge in [0.1, 0.15) is 0 Å². The van der Waals surface area contributed by atoms with Crippen LogP contribution in [-0.4, -0.2) is 58.6 Å². The van der Waals surface area contributed by atoms with E-state index in [4.69, 9.17) is 0 Å². The molecule has 3 rings (SSSR count). The van der Waals surface area contributed by atoms with E-state index in [0.29, 0.717) is 18.0 Å². The van der Waals surface area contributed by atoms with E-state index >= 15 is 0 Å². The largest absolute Gasteiger partial charge is 0.391 e. The van der Waals surface area contributed by atoms with Crippen LogP contribution >= 0.6 is 0 Å². The van der Waals surface area contributed by atoms with Crippen LogP contribution in [0.25, 0.3) is 0 Å². The van der Waals surface area contributed by atoms with Crippen molar-refractivity contribution in [2.75, 3.05) is 19.6 Å². The lowest BCUT2D eigenvalue weighted by molar-refractivity contribution is -0.130. The first-order chi connectivity index (χ1) is 8.75. The molecule has 2 saturated heterocycles. The van der Waals surface area contributed by atoms with Gasteiger partial charge in [-0.25, -0.2) is 0 Å². The number of carbonyl (C=O) groups is 1. The minimum absolute atomic E-state index is 0.116. The van der Waals surface area contributed by atoms with Crippen molar-refractivity contribution in [3.63, 3.8) is 0 Å². The van der Waals surface area contributed by atoms with E-state index in [0.717, 1.165) is 64.6 Å². The highest BCUT2D eigenvalue weighted by atomic mass is 16.3. The lowest BCUT2D eigenvalue weighted by Crippen LogP contribution is -2.50. The van der Waals surface area contributed by atoms with Crippen molar-refractivity contribution in [2.24, 2.45) is 0 Å². The molecule has 1 amide bonds. The van der Waals surface area contributed by atoms with Crippen LogP contribution in [0, 0.1) is 0 Å². The fraction of sp³-hybridized carbons (Fsp3) is 0.929. The Kier molecular flexibility index (Phi) is 3.57. The third kappa shape index (κ3) is 2.28. The second-order valence-electron chi connectivity index (χ2n) is 6.02. The number of aliphatic hydroxyl groups is 1. The summed E-state index contributed by atoms with van der Waals surface area (Å²) in [5, 5.41) is 9.95. The van der Waals surface area contributed by atoms with E-state index < -0.39 is 0 Å². The lowest BCUT2D eigenvalue weighted by atomic mass is 10.0. The van der Waals surface area contributed by atoms with Crippen molar-refractivity contribution in [2.45, 2.75) is 63.1 Å². The molecule has 0 bridgehead atoms. The van der Waals surface area contributed by atoms with Gasteiger partial charge in [0.05, 0.1) is 6.10 Å². The van der Waals surface area contributed by atoms with E-state index in [1.54, 1.807) is 0 Å². The zero-order valence-electron chi connectivity index (χ0n) is 11.1. The van der Waals surface area contributed by atoms with Crippen LogP contribution < -0.4 is 0 Å². The van der Waals surface area contributed by atoms with Crippen LogP contribution in [0.5, 0.6) is 0 Å². The van der Waals surface area contributed by atoms with Gasteiger partial charge in [-0.1, -0.05) is 0 Å². The Balaban J connectivity index is 1.53. The number of rotatable bonds is 2. The van der Waals surface area contributed by atoms with Crippen molar-refractivity contribution in [3.05, 3.63) is 0 Å². The van der Waals surface area contributed by atoms with Gasteiger partial charge in [0, 0.05) is 38.1 Å². The molecule has 4 heteroatoms. The van der Waals surface area contributed by atoms with Gasteiger partial charge in [-0.3, -0.25) is 9.69 Å². The first-order valence-electron chi connectivity index (χ1n) is 7.47. The summed E-state index contributed by atoms with van der Waals surface area (Å²) < 4.78 is 0. The van der Waals surface area contributed by atoms with E-state index in [9.17, 15) is 9.90 Å². The van der Waals surface area contributed by atoms with Gasteiger partial charge >= 0.3 is 0 Å². The number of amides is 1. The number of aliphatic hydroxyl groups excluding tert-OH is 1. The number of hydrogen-bond acceptors (Lipinski definition) is 3. The van der Waals surface area contributed by atoms with Gasteiger partial charge in [0.25, 0.3) is 0 Å². The summed E-state index contributed by atoms with van der Waals surface area (Å²) >= 11 is 0. The summed E-state index contributed by atoms with van der Waals surface area (Å²) in [4.78, 5) is 16.3. The maximum atomic E-state index is 11.7. The van der Waals surface area contributed by atoms with Gasteiger partial charge in [-0.05, 0) is 38.5 Å². The minimum atomic E-state index is -0.116. The number of piperidine rings is 1. The topological polar surface area (TPSA) is 43.8 Å². The molecular formula is C14H24N2O2. The Bertz CT molecular complexity index is 313. The molecule has 1 N–H and O–H groups in total. The van der Waals surface area contributed by atoms with E-state index in [1.807, 2.05) is 0 Å². The maximum Gasteiger partial charge on any atom is 0.222 e. The molecule has 18 heavy (non-hydrogen) atoms. The van der Waals surface area contributed by atoms with Crippen LogP contribution in [0.4, 0.5) is 0 Å². The Hall–Kier alpha value is -0.610. The maximum absolute atomic E-state index is 11.7.